The Morgan fingerprint density at radius 3 is 2.84 bits per heavy atom. The Hall–Kier alpha value is -2.14. The molecule has 1 atom stereocenters. The number of rotatable bonds is 4. The molecule has 0 saturated heterocycles. The van der Waals surface area contributed by atoms with Crippen LogP contribution in [-0.4, -0.2) is 5.91 Å². The first kappa shape index (κ1) is 13.3. The van der Waals surface area contributed by atoms with Crippen molar-refractivity contribution in [3.05, 3.63) is 59.3 Å². The van der Waals surface area contributed by atoms with Crippen molar-refractivity contribution in [2.75, 3.05) is 0 Å². The van der Waals surface area contributed by atoms with Gasteiger partial charge in [0.15, 0.2) is 5.76 Å². The number of nitrogens with one attached hydrogen (secondary N) is 1. The number of carbonyl (C=O) groups excluding carboxylic acids is 1. The average molecular weight is 262 g/mol. The smallest absolute Gasteiger partial charge is 0.287 e. The Bertz CT molecular complexity index is 580. The number of halogens is 1. The van der Waals surface area contributed by atoms with Crippen molar-refractivity contribution >= 4 is 5.91 Å². The summed E-state index contributed by atoms with van der Waals surface area (Å²) in [5.74, 6) is 0.0609. The van der Waals surface area contributed by atoms with E-state index in [0.29, 0.717) is 11.3 Å². The Labute approximate surface area is 110 Å². The maximum absolute atomic E-state index is 13.1. The van der Waals surface area contributed by atoms with Crippen molar-refractivity contribution in [3.8, 4) is 0 Å². The van der Waals surface area contributed by atoms with Gasteiger partial charge in [0, 0.05) is 0 Å². The summed E-state index contributed by atoms with van der Waals surface area (Å²) in [5.41, 5.74) is 6.10. The molecule has 2 aromatic rings. The first-order valence-corrected chi connectivity index (χ1v) is 5.95. The van der Waals surface area contributed by atoms with Gasteiger partial charge in [0.25, 0.3) is 5.91 Å². The number of benzene rings is 1. The molecule has 3 N–H and O–H groups in total. The summed E-state index contributed by atoms with van der Waals surface area (Å²) < 4.78 is 18.3. The summed E-state index contributed by atoms with van der Waals surface area (Å²) in [6.07, 6.45) is 0. The van der Waals surface area contributed by atoms with Gasteiger partial charge in [-0.1, -0.05) is 12.1 Å². The minimum Gasteiger partial charge on any atom is -0.455 e. The van der Waals surface area contributed by atoms with Crippen LogP contribution in [0.25, 0.3) is 0 Å². The molecule has 0 aliphatic carbocycles. The predicted molar refractivity (Wildman–Crippen MR) is 68.9 cm³/mol. The van der Waals surface area contributed by atoms with Crippen LogP contribution in [0.2, 0.25) is 0 Å². The third-order valence-corrected chi connectivity index (χ3v) is 2.78. The highest BCUT2D eigenvalue weighted by atomic mass is 19.1. The monoisotopic (exact) mass is 262 g/mol. The van der Waals surface area contributed by atoms with Crippen LogP contribution >= 0.6 is 0 Å². The molecule has 1 heterocycles. The summed E-state index contributed by atoms with van der Waals surface area (Å²) in [5, 5.41) is 2.74. The van der Waals surface area contributed by atoms with E-state index in [9.17, 15) is 9.18 Å². The third kappa shape index (κ3) is 3.20. The second-order valence-corrected chi connectivity index (χ2v) is 4.22. The fourth-order valence-corrected chi connectivity index (χ4v) is 1.74. The second-order valence-electron chi connectivity index (χ2n) is 4.22. The quantitative estimate of drug-likeness (QED) is 0.888. The maximum Gasteiger partial charge on any atom is 0.287 e. The van der Waals surface area contributed by atoms with Gasteiger partial charge in [0.1, 0.15) is 11.6 Å². The number of hydrogen-bond donors (Lipinski definition) is 2. The summed E-state index contributed by atoms with van der Waals surface area (Å²) in [4.78, 5) is 11.9. The van der Waals surface area contributed by atoms with E-state index in [-0.39, 0.29) is 30.1 Å². The van der Waals surface area contributed by atoms with E-state index in [1.165, 1.54) is 12.1 Å². The molecular formula is C14H15FN2O2. The number of nitrogens with two attached hydrogens (primary N) is 1. The molecule has 1 aromatic carbocycles. The molecule has 0 fully saturated rings. The van der Waals surface area contributed by atoms with Crippen LogP contribution in [0.3, 0.4) is 0 Å². The molecule has 0 saturated carbocycles. The highest BCUT2D eigenvalue weighted by molar-refractivity contribution is 5.91. The standard InChI is InChI=1S/C14H15FN2O2/c1-9(10-3-2-4-11(15)7-10)17-14(18)13-6-5-12(8-16)19-13/h2-7,9H,8,16H2,1H3,(H,17,18)/t9-/m0/s1. The van der Waals surface area contributed by atoms with Crippen molar-refractivity contribution in [3.63, 3.8) is 0 Å². The molecule has 2 rings (SSSR count). The maximum atomic E-state index is 13.1. The zero-order chi connectivity index (χ0) is 13.8. The Morgan fingerprint density at radius 1 is 1.42 bits per heavy atom. The van der Waals surface area contributed by atoms with E-state index in [1.54, 1.807) is 31.2 Å². The fraction of sp³-hybridized carbons (Fsp3) is 0.214. The lowest BCUT2D eigenvalue weighted by Gasteiger charge is -2.13. The molecule has 0 bridgehead atoms. The molecule has 19 heavy (non-hydrogen) atoms. The average Bonchev–Trinajstić information content (AvgIpc) is 2.87. The van der Waals surface area contributed by atoms with Gasteiger partial charge in [-0.15, -0.1) is 0 Å². The summed E-state index contributed by atoms with van der Waals surface area (Å²) in [6.45, 7) is 2.02. The van der Waals surface area contributed by atoms with Gasteiger partial charge in [-0.05, 0) is 36.8 Å². The van der Waals surface area contributed by atoms with Crippen molar-refractivity contribution in [2.45, 2.75) is 19.5 Å². The normalized spacial score (nSPS) is 12.2. The molecule has 0 radical (unpaired) electrons. The topological polar surface area (TPSA) is 68.3 Å². The number of carbonyl (C=O) groups is 1. The zero-order valence-electron chi connectivity index (χ0n) is 10.5. The van der Waals surface area contributed by atoms with E-state index < -0.39 is 0 Å². The first-order valence-electron chi connectivity index (χ1n) is 5.95. The van der Waals surface area contributed by atoms with Gasteiger partial charge in [-0.25, -0.2) is 4.39 Å². The van der Waals surface area contributed by atoms with Crippen LogP contribution in [0.1, 0.15) is 34.8 Å². The lowest BCUT2D eigenvalue weighted by atomic mass is 10.1. The lowest BCUT2D eigenvalue weighted by molar-refractivity contribution is 0.0910. The van der Waals surface area contributed by atoms with E-state index in [0.717, 1.165) is 0 Å². The second kappa shape index (κ2) is 5.67. The Morgan fingerprint density at radius 2 is 2.21 bits per heavy atom. The van der Waals surface area contributed by atoms with Crippen LogP contribution < -0.4 is 11.1 Å². The first-order chi connectivity index (χ1) is 9.10. The van der Waals surface area contributed by atoms with Crippen molar-refractivity contribution in [1.82, 2.24) is 5.32 Å². The number of amides is 1. The molecular weight excluding hydrogens is 247 g/mol. The van der Waals surface area contributed by atoms with Crippen LogP contribution in [-0.2, 0) is 6.54 Å². The molecule has 4 nitrogen and oxygen atoms in total. The van der Waals surface area contributed by atoms with Crippen molar-refractivity contribution < 1.29 is 13.6 Å². The molecule has 0 aliphatic rings. The van der Waals surface area contributed by atoms with E-state index in [2.05, 4.69) is 5.32 Å². The van der Waals surface area contributed by atoms with Gasteiger partial charge in [-0.2, -0.15) is 0 Å². The van der Waals surface area contributed by atoms with E-state index in [4.69, 9.17) is 10.2 Å². The largest absolute Gasteiger partial charge is 0.455 e. The summed E-state index contributed by atoms with van der Waals surface area (Å²) in [6, 6.07) is 9.01. The van der Waals surface area contributed by atoms with Crippen LogP contribution in [0.4, 0.5) is 4.39 Å². The zero-order valence-corrected chi connectivity index (χ0v) is 10.5. The van der Waals surface area contributed by atoms with Crippen LogP contribution in [0, 0.1) is 5.82 Å². The molecule has 0 spiro atoms. The summed E-state index contributed by atoms with van der Waals surface area (Å²) in [7, 11) is 0. The van der Waals surface area contributed by atoms with Gasteiger partial charge in [-0.3, -0.25) is 4.79 Å². The van der Waals surface area contributed by atoms with Gasteiger partial charge in [0.2, 0.25) is 0 Å². The highest BCUT2D eigenvalue weighted by Crippen LogP contribution is 2.15. The molecule has 100 valence electrons. The molecule has 0 unspecified atom stereocenters. The fourth-order valence-electron chi connectivity index (χ4n) is 1.74. The molecule has 1 amide bonds. The Kier molecular flexibility index (Phi) is 3.97. The lowest BCUT2D eigenvalue weighted by Crippen LogP contribution is -2.26. The molecule has 1 aromatic heterocycles. The van der Waals surface area contributed by atoms with Gasteiger partial charge in [0.05, 0.1) is 12.6 Å². The summed E-state index contributed by atoms with van der Waals surface area (Å²) >= 11 is 0. The SMILES string of the molecule is C[C@H](NC(=O)c1ccc(CN)o1)c1cccc(F)c1. The van der Waals surface area contributed by atoms with Crippen LogP contribution in [0.5, 0.6) is 0 Å². The van der Waals surface area contributed by atoms with Crippen molar-refractivity contribution in [1.29, 1.82) is 0 Å². The highest BCUT2D eigenvalue weighted by Gasteiger charge is 2.14. The third-order valence-electron chi connectivity index (χ3n) is 2.78. The van der Waals surface area contributed by atoms with Crippen molar-refractivity contribution in [2.24, 2.45) is 5.73 Å². The van der Waals surface area contributed by atoms with Crippen LogP contribution in [0.15, 0.2) is 40.8 Å². The minimum atomic E-state index is -0.350. The molecule has 0 aliphatic heterocycles. The molecule has 5 heteroatoms. The van der Waals surface area contributed by atoms with Gasteiger partial charge < -0.3 is 15.5 Å². The number of hydrogen-bond acceptors (Lipinski definition) is 3. The number of furan rings is 1. The predicted octanol–water partition coefficient (Wildman–Crippen LogP) is 2.37. The van der Waals surface area contributed by atoms with Gasteiger partial charge >= 0.3 is 0 Å². The Balaban J connectivity index is 2.06. The van der Waals surface area contributed by atoms with E-state index in [1.807, 2.05) is 0 Å². The van der Waals surface area contributed by atoms with E-state index >= 15 is 0 Å². The minimum absolute atomic E-state index is 0.198.